The van der Waals surface area contributed by atoms with Crippen molar-refractivity contribution in [1.29, 1.82) is 0 Å². The van der Waals surface area contributed by atoms with Gasteiger partial charge in [-0.2, -0.15) is 4.31 Å². The van der Waals surface area contributed by atoms with E-state index in [2.05, 4.69) is 10.9 Å². The van der Waals surface area contributed by atoms with Crippen LogP contribution in [-0.4, -0.2) is 43.7 Å². The average Bonchev–Trinajstić information content (AvgIpc) is 3.38. The fraction of sp³-hybridized carbons (Fsp3) is 0.304. The van der Waals surface area contributed by atoms with Gasteiger partial charge in [0.15, 0.2) is 6.10 Å². The van der Waals surface area contributed by atoms with E-state index < -0.39 is 33.9 Å². The summed E-state index contributed by atoms with van der Waals surface area (Å²) in [5.74, 6) is -0.933. The fourth-order valence-electron chi connectivity index (χ4n) is 3.74. The number of fused-ring (bicyclic) bond motifs is 1. The molecule has 174 valence electrons. The zero-order chi connectivity index (χ0) is 23.4. The van der Waals surface area contributed by atoms with Crippen LogP contribution in [0.2, 0.25) is 0 Å². The van der Waals surface area contributed by atoms with E-state index in [-0.39, 0.29) is 10.8 Å². The van der Waals surface area contributed by atoms with Gasteiger partial charge in [-0.05, 0) is 54.1 Å². The molecule has 2 atom stereocenters. The number of amides is 2. The predicted octanol–water partition coefficient (Wildman–Crippen LogP) is 2.92. The van der Waals surface area contributed by atoms with Crippen molar-refractivity contribution < 1.29 is 22.7 Å². The Labute approximate surface area is 196 Å². The smallest absolute Gasteiger partial charge is 0.279 e. The number of thiophene rings is 1. The molecule has 0 spiro atoms. The Balaban J connectivity index is 1.30. The van der Waals surface area contributed by atoms with Crippen molar-refractivity contribution in [2.75, 3.05) is 13.1 Å². The van der Waals surface area contributed by atoms with Crippen molar-refractivity contribution in [2.45, 2.75) is 30.1 Å². The number of benzene rings is 2. The van der Waals surface area contributed by atoms with Gasteiger partial charge in [0.2, 0.25) is 5.91 Å². The Morgan fingerprint density at radius 2 is 1.88 bits per heavy atom. The van der Waals surface area contributed by atoms with E-state index in [0.717, 1.165) is 22.1 Å². The third-order valence-electron chi connectivity index (χ3n) is 5.56. The van der Waals surface area contributed by atoms with Gasteiger partial charge in [-0.3, -0.25) is 20.4 Å². The average molecular weight is 488 g/mol. The molecule has 0 saturated carbocycles. The third kappa shape index (κ3) is 5.35. The van der Waals surface area contributed by atoms with E-state index in [0.29, 0.717) is 25.1 Å². The van der Waals surface area contributed by atoms with E-state index in [1.54, 1.807) is 30.5 Å². The van der Waals surface area contributed by atoms with Crippen molar-refractivity contribution in [2.24, 2.45) is 5.92 Å². The number of sulfonamides is 1. The van der Waals surface area contributed by atoms with Crippen LogP contribution in [0.3, 0.4) is 0 Å². The van der Waals surface area contributed by atoms with E-state index in [9.17, 15) is 18.0 Å². The summed E-state index contributed by atoms with van der Waals surface area (Å²) in [7, 11) is -3.62. The van der Waals surface area contributed by atoms with Crippen LogP contribution < -0.4 is 15.6 Å². The number of ether oxygens (including phenoxy) is 1. The van der Waals surface area contributed by atoms with Crippen LogP contribution in [0.5, 0.6) is 5.75 Å². The number of carbonyl (C=O) groups excluding carboxylic acids is 2. The second-order valence-corrected chi connectivity index (χ2v) is 11.0. The van der Waals surface area contributed by atoms with Gasteiger partial charge >= 0.3 is 0 Å². The van der Waals surface area contributed by atoms with Gasteiger partial charge in [0, 0.05) is 13.1 Å². The van der Waals surface area contributed by atoms with Crippen molar-refractivity contribution >= 4 is 43.9 Å². The lowest BCUT2D eigenvalue weighted by Crippen LogP contribution is -2.52. The first-order chi connectivity index (χ1) is 15.8. The third-order valence-corrected chi connectivity index (χ3v) is 8.79. The van der Waals surface area contributed by atoms with Gasteiger partial charge in [-0.25, -0.2) is 8.42 Å². The Kier molecular flexibility index (Phi) is 6.96. The summed E-state index contributed by atoms with van der Waals surface area (Å²) >= 11 is 1.15. The summed E-state index contributed by atoms with van der Waals surface area (Å²) in [6.45, 7) is 2.03. The minimum absolute atomic E-state index is 0.0745. The van der Waals surface area contributed by atoms with Gasteiger partial charge in [0.1, 0.15) is 9.96 Å². The minimum Gasteiger partial charge on any atom is -0.481 e. The summed E-state index contributed by atoms with van der Waals surface area (Å²) in [5, 5.41) is 3.77. The Morgan fingerprint density at radius 3 is 2.64 bits per heavy atom. The number of piperidine rings is 1. The van der Waals surface area contributed by atoms with Crippen LogP contribution in [0, 0.1) is 5.92 Å². The molecule has 4 rings (SSSR count). The molecule has 1 aliphatic heterocycles. The molecule has 2 heterocycles. The Hall–Kier alpha value is -2.95. The van der Waals surface area contributed by atoms with Crippen molar-refractivity contribution in [1.82, 2.24) is 15.2 Å². The fourth-order valence-corrected chi connectivity index (χ4v) is 6.41. The molecule has 10 heteroatoms. The molecule has 0 aliphatic carbocycles. The Bertz CT molecular complexity index is 1240. The minimum atomic E-state index is -3.62. The highest BCUT2D eigenvalue weighted by atomic mass is 32.2. The molecule has 0 unspecified atom stereocenters. The van der Waals surface area contributed by atoms with Gasteiger partial charge in [0.25, 0.3) is 15.9 Å². The van der Waals surface area contributed by atoms with Crippen molar-refractivity contribution in [3.8, 4) is 5.75 Å². The van der Waals surface area contributed by atoms with Crippen LogP contribution in [-0.2, 0) is 19.6 Å². The highest BCUT2D eigenvalue weighted by Crippen LogP contribution is 2.26. The molecule has 1 saturated heterocycles. The molecule has 2 aromatic carbocycles. The Morgan fingerprint density at radius 1 is 1.09 bits per heavy atom. The number of nitrogens with one attached hydrogen (secondary N) is 2. The molecule has 0 radical (unpaired) electrons. The molecule has 1 fully saturated rings. The number of carbonyl (C=O) groups is 2. The normalized spacial score (nSPS) is 17.9. The first kappa shape index (κ1) is 23.2. The molecule has 2 amide bonds. The SMILES string of the molecule is C[C@H](Oc1ccc2ccccc2c1)C(=O)NNC(=O)[C@H]1CCCN(S(=O)(=O)c2cccs2)C1. The molecule has 0 bridgehead atoms. The van der Waals surface area contributed by atoms with Crippen molar-refractivity contribution in [3.63, 3.8) is 0 Å². The second kappa shape index (κ2) is 9.90. The quantitative estimate of drug-likeness (QED) is 0.520. The molecule has 3 aromatic rings. The maximum Gasteiger partial charge on any atom is 0.279 e. The molecule has 1 aliphatic rings. The van der Waals surface area contributed by atoms with Crippen LogP contribution in [0.25, 0.3) is 10.8 Å². The van der Waals surface area contributed by atoms with Crippen LogP contribution in [0.15, 0.2) is 64.2 Å². The predicted molar refractivity (Wildman–Crippen MR) is 126 cm³/mol. The second-order valence-electron chi connectivity index (χ2n) is 7.88. The molecule has 8 nitrogen and oxygen atoms in total. The van der Waals surface area contributed by atoms with E-state index in [1.807, 2.05) is 36.4 Å². The molecule has 2 N–H and O–H groups in total. The summed E-state index contributed by atoms with van der Waals surface area (Å²) in [6, 6.07) is 16.6. The topological polar surface area (TPSA) is 105 Å². The largest absolute Gasteiger partial charge is 0.481 e. The lowest BCUT2D eigenvalue weighted by Gasteiger charge is -2.30. The van der Waals surface area contributed by atoms with Crippen LogP contribution in [0.4, 0.5) is 0 Å². The number of hydrazine groups is 1. The highest BCUT2D eigenvalue weighted by molar-refractivity contribution is 7.91. The zero-order valence-electron chi connectivity index (χ0n) is 18.1. The number of hydrogen-bond donors (Lipinski definition) is 2. The van der Waals surface area contributed by atoms with Crippen LogP contribution in [0.1, 0.15) is 19.8 Å². The molecular weight excluding hydrogens is 462 g/mol. The zero-order valence-corrected chi connectivity index (χ0v) is 19.7. The van der Waals surface area contributed by atoms with Gasteiger partial charge in [-0.15, -0.1) is 11.3 Å². The van der Waals surface area contributed by atoms with E-state index >= 15 is 0 Å². The summed E-state index contributed by atoms with van der Waals surface area (Å²) in [4.78, 5) is 25.0. The molecule has 33 heavy (non-hydrogen) atoms. The number of nitrogens with zero attached hydrogens (tertiary/aromatic N) is 1. The molecular formula is C23H25N3O5S2. The standard InChI is InChI=1S/C23H25N3O5S2/c1-16(31-20-11-10-17-6-2-3-7-18(17)14-20)22(27)24-25-23(28)19-8-4-12-26(15-19)33(29,30)21-9-5-13-32-21/h2-3,5-7,9-11,13-14,16,19H,4,8,12,15H2,1H3,(H,24,27)(H,25,28)/t16-,19-/m0/s1. The first-order valence-electron chi connectivity index (χ1n) is 10.6. The summed E-state index contributed by atoms with van der Waals surface area (Å²) < 4.78 is 32.8. The highest BCUT2D eigenvalue weighted by Gasteiger charge is 2.34. The van der Waals surface area contributed by atoms with E-state index in [4.69, 9.17) is 4.74 Å². The van der Waals surface area contributed by atoms with Gasteiger partial charge < -0.3 is 4.74 Å². The number of rotatable bonds is 6. The maximum atomic E-state index is 12.7. The monoisotopic (exact) mass is 487 g/mol. The van der Waals surface area contributed by atoms with Gasteiger partial charge in [0.05, 0.1) is 5.92 Å². The number of hydrogen-bond acceptors (Lipinski definition) is 6. The first-order valence-corrected chi connectivity index (χ1v) is 13.0. The summed E-state index contributed by atoms with van der Waals surface area (Å²) in [6.07, 6.45) is 0.271. The maximum absolute atomic E-state index is 12.7. The molecule has 1 aromatic heterocycles. The summed E-state index contributed by atoms with van der Waals surface area (Å²) in [5.41, 5.74) is 4.81. The van der Waals surface area contributed by atoms with Gasteiger partial charge in [-0.1, -0.05) is 36.4 Å². The van der Waals surface area contributed by atoms with Crippen LogP contribution >= 0.6 is 11.3 Å². The lowest BCUT2D eigenvalue weighted by molar-refractivity contribution is -0.134. The lowest BCUT2D eigenvalue weighted by atomic mass is 9.99. The van der Waals surface area contributed by atoms with Crippen molar-refractivity contribution in [3.05, 3.63) is 60.0 Å². The van der Waals surface area contributed by atoms with E-state index in [1.165, 1.54) is 4.31 Å².